The lowest BCUT2D eigenvalue weighted by Crippen LogP contribution is -2.29. The molecule has 2 N–H and O–H groups in total. The number of anilines is 1. The van der Waals surface area contributed by atoms with Gasteiger partial charge in [-0.1, -0.05) is 35.9 Å². The fraction of sp³-hybridized carbons (Fsp3) is 0.350. The third-order valence-corrected chi connectivity index (χ3v) is 5.14. The van der Waals surface area contributed by atoms with Crippen LogP contribution >= 0.6 is 35.6 Å². The molecule has 0 unspecified atom stereocenters. The van der Waals surface area contributed by atoms with Crippen molar-refractivity contribution in [3.8, 4) is 5.75 Å². The van der Waals surface area contributed by atoms with E-state index < -0.39 is 0 Å². The predicted molar refractivity (Wildman–Crippen MR) is 119 cm³/mol. The van der Waals surface area contributed by atoms with E-state index in [0.717, 1.165) is 40.9 Å². The van der Waals surface area contributed by atoms with Gasteiger partial charge in [-0.3, -0.25) is 0 Å². The third-order valence-electron chi connectivity index (χ3n) is 3.43. The molecule has 0 bridgehead atoms. The molecule has 0 saturated heterocycles. The van der Waals surface area contributed by atoms with Crippen molar-refractivity contribution >= 4 is 46.4 Å². The van der Waals surface area contributed by atoms with Crippen molar-refractivity contribution in [2.24, 2.45) is 0 Å². The molecule has 0 spiro atoms. The molecule has 0 fully saturated rings. The number of benzene rings is 2. The Labute approximate surface area is 170 Å². The normalized spacial score (nSPS) is 10.6. The van der Waals surface area contributed by atoms with Gasteiger partial charge in [-0.2, -0.15) is 11.8 Å². The molecule has 2 aromatic carbocycles. The van der Waals surface area contributed by atoms with Gasteiger partial charge >= 0.3 is 0 Å². The molecule has 0 radical (unpaired) electrons. The molecular formula is C20H25ClN2OS2. The molecule has 26 heavy (non-hydrogen) atoms. The van der Waals surface area contributed by atoms with Crippen molar-refractivity contribution in [1.82, 2.24) is 5.32 Å². The molecule has 2 aromatic rings. The van der Waals surface area contributed by atoms with Gasteiger partial charge in [0.05, 0.1) is 6.10 Å². The molecular weight excluding hydrogens is 384 g/mol. The number of ether oxygens (including phenoxy) is 1. The zero-order valence-electron chi connectivity index (χ0n) is 15.1. The summed E-state index contributed by atoms with van der Waals surface area (Å²) in [4.78, 5) is 0. The molecule has 0 aliphatic carbocycles. The van der Waals surface area contributed by atoms with E-state index >= 15 is 0 Å². The summed E-state index contributed by atoms with van der Waals surface area (Å²) in [6.07, 6.45) is 1.19. The summed E-state index contributed by atoms with van der Waals surface area (Å²) in [7, 11) is 0. The topological polar surface area (TPSA) is 33.3 Å². The van der Waals surface area contributed by atoms with Crippen molar-refractivity contribution in [2.75, 3.05) is 17.6 Å². The Bertz CT molecular complexity index is 710. The van der Waals surface area contributed by atoms with Crippen LogP contribution in [0.1, 0.15) is 25.8 Å². The lowest BCUT2D eigenvalue weighted by Gasteiger charge is -2.13. The van der Waals surface area contributed by atoms with Crippen LogP contribution in [0.4, 0.5) is 5.69 Å². The minimum atomic E-state index is 0.151. The molecule has 0 aromatic heterocycles. The first kappa shape index (κ1) is 20.9. The third kappa shape index (κ3) is 7.85. The number of nitrogens with one attached hydrogen (secondary N) is 2. The molecule has 3 nitrogen and oxygen atoms in total. The number of hydrogen-bond donors (Lipinski definition) is 2. The number of thioether (sulfide) groups is 1. The van der Waals surface area contributed by atoms with Gasteiger partial charge in [-0.25, -0.2) is 0 Å². The summed E-state index contributed by atoms with van der Waals surface area (Å²) in [5.74, 6) is 2.83. The van der Waals surface area contributed by atoms with Gasteiger partial charge in [0.1, 0.15) is 5.75 Å². The molecule has 0 aliphatic heterocycles. The van der Waals surface area contributed by atoms with Gasteiger partial charge in [-0.05, 0) is 62.0 Å². The minimum Gasteiger partial charge on any atom is -0.491 e. The van der Waals surface area contributed by atoms with E-state index in [0.29, 0.717) is 5.11 Å². The highest BCUT2D eigenvalue weighted by molar-refractivity contribution is 7.98. The maximum atomic E-state index is 6.16. The monoisotopic (exact) mass is 408 g/mol. The Hall–Kier alpha value is -1.43. The van der Waals surface area contributed by atoms with Crippen LogP contribution in [0, 0.1) is 0 Å². The van der Waals surface area contributed by atoms with E-state index in [1.54, 1.807) is 0 Å². The van der Waals surface area contributed by atoms with Crippen LogP contribution in [0.5, 0.6) is 5.75 Å². The molecule has 140 valence electrons. The summed E-state index contributed by atoms with van der Waals surface area (Å²) in [6.45, 7) is 4.86. The van der Waals surface area contributed by atoms with E-state index in [1.165, 1.54) is 5.56 Å². The average Bonchev–Trinajstić information content (AvgIpc) is 2.59. The molecule has 6 heteroatoms. The molecule has 0 amide bonds. The molecule has 0 aliphatic rings. The minimum absolute atomic E-state index is 0.151. The van der Waals surface area contributed by atoms with E-state index in [9.17, 15) is 0 Å². The van der Waals surface area contributed by atoms with Gasteiger partial charge in [0.2, 0.25) is 0 Å². The number of halogens is 1. The van der Waals surface area contributed by atoms with Crippen molar-refractivity contribution in [1.29, 1.82) is 0 Å². The largest absolute Gasteiger partial charge is 0.491 e. The molecule has 0 heterocycles. The van der Waals surface area contributed by atoms with Crippen molar-refractivity contribution in [3.63, 3.8) is 0 Å². The molecule has 2 rings (SSSR count). The van der Waals surface area contributed by atoms with E-state index in [2.05, 4.69) is 16.7 Å². The van der Waals surface area contributed by atoms with Crippen LogP contribution in [0.2, 0.25) is 5.02 Å². The highest BCUT2D eigenvalue weighted by Crippen LogP contribution is 2.21. The van der Waals surface area contributed by atoms with Crippen molar-refractivity contribution < 1.29 is 4.74 Å². The van der Waals surface area contributed by atoms with Crippen LogP contribution in [0.3, 0.4) is 0 Å². The summed E-state index contributed by atoms with van der Waals surface area (Å²) in [6, 6.07) is 15.8. The summed E-state index contributed by atoms with van der Waals surface area (Å²) < 4.78 is 5.69. The first-order valence-electron chi connectivity index (χ1n) is 8.67. The standard InChI is InChI=1S/C20H25ClN2OS2/c1-15(2)24-18-9-5-8-17(13-18)23-20(25)22-11-6-12-26-14-16-7-3-4-10-19(16)21/h3-5,7-10,13,15H,6,11-12,14H2,1-2H3,(H2,22,23,25). The first-order chi connectivity index (χ1) is 12.5. The number of hydrogen-bond acceptors (Lipinski definition) is 3. The second-order valence-electron chi connectivity index (χ2n) is 6.07. The zero-order chi connectivity index (χ0) is 18.8. The highest BCUT2D eigenvalue weighted by atomic mass is 35.5. The summed E-state index contributed by atoms with van der Waals surface area (Å²) in [5.41, 5.74) is 2.11. The van der Waals surface area contributed by atoms with E-state index in [1.807, 2.05) is 68.1 Å². The summed E-state index contributed by atoms with van der Waals surface area (Å²) in [5, 5.41) is 7.90. The van der Waals surface area contributed by atoms with Gasteiger partial charge < -0.3 is 15.4 Å². The van der Waals surface area contributed by atoms with Crippen LogP contribution in [-0.2, 0) is 5.75 Å². The van der Waals surface area contributed by atoms with Gasteiger partial charge in [0, 0.05) is 29.1 Å². The lowest BCUT2D eigenvalue weighted by molar-refractivity contribution is 0.242. The van der Waals surface area contributed by atoms with Crippen LogP contribution in [-0.4, -0.2) is 23.5 Å². The van der Waals surface area contributed by atoms with Crippen molar-refractivity contribution in [3.05, 3.63) is 59.1 Å². The lowest BCUT2D eigenvalue weighted by atomic mass is 10.2. The SMILES string of the molecule is CC(C)Oc1cccc(NC(=S)NCCCSCc2ccccc2Cl)c1. The van der Waals surface area contributed by atoms with Gasteiger partial charge in [0.25, 0.3) is 0 Å². The average molecular weight is 409 g/mol. The highest BCUT2D eigenvalue weighted by Gasteiger charge is 2.02. The fourth-order valence-corrected chi connectivity index (χ4v) is 3.73. The van der Waals surface area contributed by atoms with Crippen LogP contribution in [0.15, 0.2) is 48.5 Å². The number of rotatable bonds is 9. The smallest absolute Gasteiger partial charge is 0.170 e. The Morgan fingerprint density at radius 1 is 1.19 bits per heavy atom. The Balaban J connectivity index is 1.62. The molecule has 0 atom stereocenters. The van der Waals surface area contributed by atoms with E-state index in [4.69, 9.17) is 28.6 Å². The Kier molecular flexibility index (Phi) is 9.09. The van der Waals surface area contributed by atoms with Crippen molar-refractivity contribution in [2.45, 2.75) is 32.1 Å². The predicted octanol–water partition coefficient (Wildman–Crippen LogP) is 5.74. The first-order valence-corrected chi connectivity index (χ1v) is 10.6. The second kappa shape index (κ2) is 11.3. The summed E-state index contributed by atoms with van der Waals surface area (Å²) >= 11 is 13.4. The van der Waals surface area contributed by atoms with Gasteiger partial charge in [-0.15, -0.1) is 0 Å². The number of thiocarbonyl (C=S) groups is 1. The maximum Gasteiger partial charge on any atom is 0.170 e. The van der Waals surface area contributed by atoms with Crippen LogP contribution in [0.25, 0.3) is 0 Å². The maximum absolute atomic E-state index is 6.16. The second-order valence-corrected chi connectivity index (χ2v) is 7.99. The fourth-order valence-electron chi connectivity index (χ4n) is 2.27. The quantitative estimate of drug-likeness (QED) is 0.408. The van der Waals surface area contributed by atoms with Gasteiger partial charge in [0.15, 0.2) is 5.11 Å². The zero-order valence-corrected chi connectivity index (χ0v) is 17.5. The Morgan fingerprint density at radius 2 is 2.00 bits per heavy atom. The molecule has 0 saturated carbocycles. The van der Waals surface area contributed by atoms with E-state index in [-0.39, 0.29) is 6.10 Å². The van der Waals surface area contributed by atoms with Crippen LogP contribution < -0.4 is 15.4 Å². The Morgan fingerprint density at radius 3 is 2.77 bits per heavy atom.